The Hall–Kier alpha value is -2.45. The Morgan fingerprint density at radius 1 is 1.17 bits per heavy atom. The van der Waals surface area contributed by atoms with Gasteiger partial charge in [0.15, 0.2) is 0 Å². The van der Waals surface area contributed by atoms with Gasteiger partial charge in [-0.05, 0) is 23.9 Å². The molecule has 2 aromatic rings. The number of benzene rings is 1. The highest BCUT2D eigenvalue weighted by Gasteiger charge is 2.15. The van der Waals surface area contributed by atoms with Crippen LogP contribution in [0.1, 0.15) is 26.5 Å². The van der Waals surface area contributed by atoms with Gasteiger partial charge in [0.1, 0.15) is 0 Å². The highest BCUT2D eigenvalue weighted by Crippen LogP contribution is 2.21. The molecule has 0 radical (unpaired) electrons. The number of nitrogens with one attached hydrogen (secondary N) is 2. The zero-order valence-corrected chi connectivity index (χ0v) is 14.0. The summed E-state index contributed by atoms with van der Waals surface area (Å²) in [6.07, 6.45) is 0.523. The van der Waals surface area contributed by atoms with Crippen LogP contribution in [0.5, 0.6) is 0 Å². The van der Waals surface area contributed by atoms with Gasteiger partial charge in [0.25, 0.3) is 17.5 Å². The second-order valence-corrected chi connectivity index (χ2v) is 6.12. The summed E-state index contributed by atoms with van der Waals surface area (Å²) in [6.45, 7) is 0.711. The lowest BCUT2D eigenvalue weighted by Crippen LogP contribution is -2.29. The van der Waals surface area contributed by atoms with Crippen molar-refractivity contribution in [2.24, 2.45) is 0 Å². The number of nitrogens with zero attached hydrogens (tertiary/aromatic N) is 1. The van der Waals surface area contributed by atoms with Gasteiger partial charge in [-0.15, -0.1) is 11.3 Å². The molecule has 0 aliphatic heterocycles. The van der Waals surface area contributed by atoms with Gasteiger partial charge in [0, 0.05) is 25.2 Å². The lowest BCUT2D eigenvalue weighted by Gasteiger charge is -2.07. The van der Waals surface area contributed by atoms with Crippen LogP contribution in [0.15, 0.2) is 35.7 Å². The summed E-state index contributed by atoms with van der Waals surface area (Å²) in [4.78, 5) is 34.5. The Bertz CT molecular complexity index is 749. The van der Waals surface area contributed by atoms with Gasteiger partial charge in [-0.2, -0.15) is 0 Å². The largest absolute Gasteiger partial charge is 0.352 e. The van der Waals surface area contributed by atoms with Crippen molar-refractivity contribution in [2.45, 2.75) is 6.42 Å². The highest BCUT2D eigenvalue weighted by molar-refractivity contribution is 7.12. The van der Waals surface area contributed by atoms with E-state index in [9.17, 15) is 19.7 Å². The fourth-order valence-electron chi connectivity index (χ4n) is 1.88. The Morgan fingerprint density at radius 2 is 1.88 bits per heavy atom. The number of halogens is 1. The van der Waals surface area contributed by atoms with Crippen LogP contribution in [-0.4, -0.2) is 29.8 Å². The number of carbonyl (C=O) groups is 2. The first-order valence-corrected chi connectivity index (χ1v) is 8.28. The molecule has 0 saturated carbocycles. The van der Waals surface area contributed by atoms with E-state index in [1.54, 1.807) is 12.1 Å². The molecule has 1 aromatic heterocycles. The average Bonchev–Trinajstić information content (AvgIpc) is 3.08. The summed E-state index contributed by atoms with van der Waals surface area (Å²) in [5.74, 6) is -0.647. The summed E-state index contributed by atoms with van der Waals surface area (Å²) in [5.41, 5.74) is -0.152. The molecule has 2 amide bonds. The molecule has 0 saturated heterocycles. The molecule has 0 aliphatic carbocycles. The third-order valence-electron chi connectivity index (χ3n) is 3.08. The third-order valence-corrected chi connectivity index (χ3v) is 4.27. The summed E-state index contributed by atoms with van der Waals surface area (Å²) in [7, 11) is 0. The Kier molecular flexibility index (Phi) is 6.28. The van der Waals surface area contributed by atoms with Gasteiger partial charge in [-0.3, -0.25) is 19.7 Å². The maximum absolute atomic E-state index is 12.0. The van der Waals surface area contributed by atoms with E-state index in [1.165, 1.54) is 23.5 Å². The lowest BCUT2D eigenvalue weighted by molar-refractivity contribution is -0.384. The monoisotopic (exact) mass is 367 g/mol. The number of nitro benzene ring substituents is 1. The molecule has 0 aliphatic rings. The van der Waals surface area contributed by atoms with Crippen molar-refractivity contribution in [3.05, 3.63) is 61.3 Å². The van der Waals surface area contributed by atoms with E-state index in [-0.39, 0.29) is 22.2 Å². The van der Waals surface area contributed by atoms with E-state index < -0.39 is 10.8 Å². The van der Waals surface area contributed by atoms with Crippen LogP contribution < -0.4 is 10.6 Å². The van der Waals surface area contributed by atoms with E-state index in [2.05, 4.69) is 10.6 Å². The lowest BCUT2D eigenvalue weighted by atomic mass is 10.2. The molecule has 1 heterocycles. The number of non-ortho nitro benzene ring substituents is 1. The topological polar surface area (TPSA) is 101 Å². The Morgan fingerprint density at radius 3 is 2.50 bits per heavy atom. The van der Waals surface area contributed by atoms with Crippen LogP contribution in [-0.2, 0) is 0 Å². The minimum atomic E-state index is -0.590. The third kappa shape index (κ3) is 4.77. The van der Waals surface area contributed by atoms with Gasteiger partial charge in [0.05, 0.1) is 20.4 Å². The molecule has 7 nitrogen and oxygen atoms in total. The van der Waals surface area contributed by atoms with E-state index in [0.29, 0.717) is 24.4 Å². The molecule has 1 aromatic carbocycles. The summed E-state index contributed by atoms with van der Waals surface area (Å²) >= 11 is 7.25. The minimum Gasteiger partial charge on any atom is -0.352 e. The molecular formula is C15H14ClN3O4S. The molecule has 126 valence electrons. The van der Waals surface area contributed by atoms with Gasteiger partial charge < -0.3 is 10.6 Å². The second kappa shape index (κ2) is 8.42. The predicted octanol–water partition coefficient (Wildman–Crippen LogP) is 2.86. The van der Waals surface area contributed by atoms with Crippen LogP contribution in [0, 0.1) is 10.1 Å². The van der Waals surface area contributed by atoms with E-state index >= 15 is 0 Å². The number of nitro groups is 1. The van der Waals surface area contributed by atoms with Crippen molar-refractivity contribution < 1.29 is 14.5 Å². The minimum absolute atomic E-state index is 0.0495. The molecule has 0 bridgehead atoms. The maximum Gasteiger partial charge on any atom is 0.270 e. The number of thiophene rings is 1. The number of hydrogen-bond acceptors (Lipinski definition) is 5. The normalized spacial score (nSPS) is 10.2. The number of carbonyl (C=O) groups excluding carboxylic acids is 2. The van der Waals surface area contributed by atoms with Crippen LogP contribution in [0.3, 0.4) is 0 Å². The van der Waals surface area contributed by atoms with E-state index in [1.807, 2.05) is 5.38 Å². The first kappa shape index (κ1) is 17.9. The van der Waals surface area contributed by atoms with Crippen LogP contribution in [0.25, 0.3) is 0 Å². The first-order valence-electron chi connectivity index (χ1n) is 7.03. The second-order valence-electron chi connectivity index (χ2n) is 4.76. The quantitative estimate of drug-likeness (QED) is 0.446. The van der Waals surface area contributed by atoms with Crippen molar-refractivity contribution in [1.82, 2.24) is 10.6 Å². The van der Waals surface area contributed by atoms with Crippen molar-refractivity contribution in [3.63, 3.8) is 0 Å². The molecule has 24 heavy (non-hydrogen) atoms. The molecule has 2 rings (SSSR count). The van der Waals surface area contributed by atoms with Crippen LogP contribution >= 0.6 is 22.9 Å². The maximum atomic E-state index is 12.0. The number of hydrogen-bond donors (Lipinski definition) is 2. The fourth-order valence-corrected chi connectivity index (χ4v) is 2.73. The smallest absolute Gasteiger partial charge is 0.270 e. The molecule has 0 atom stereocenters. The zero-order valence-electron chi connectivity index (χ0n) is 12.5. The average molecular weight is 368 g/mol. The summed E-state index contributed by atoms with van der Waals surface area (Å²) in [5, 5.41) is 18.1. The van der Waals surface area contributed by atoms with E-state index in [0.717, 1.165) is 6.07 Å². The first-order chi connectivity index (χ1) is 11.5. The van der Waals surface area contributed by atoms with Crippen molar-refractivity contribution in [3.8, 4) is 0 Å². The fraction of sp³-hybridized carbons (Fsp3) is 0.200. The van der Waals surface area contributed by atoms with Crippen molar-refractivity contribution in [1.29, 1.82) is 0 Å². The molecule has 0 fully saturated rings. The molecule has 2 N–H and O–H groups in total. The number of rotatable bonds is 7. The SMILES string of the molecule is O=C(NCCCNC(=O)c1cc([N+](=O)[O-])ccc1Cl)c1cccs1. The van der Waals surface area contributed by atoms with Gasteiger partial charge >= 0.3 is 0 Å². The van der Waals surface area contributed by atoms with Gasteiger partial charge in [0.2, 0.25) is 0 Å². The van der Waals surface area contributed by atoms with Gasteiger partial charge in [-0.25, -0.2) is 0 Å². The number of amides is 2. The predicted molar refractivity (Wildman–Crippen MR) is 91.7 cm³/mol. The Labute approximate surface area is 146 Å². The van der Waals surface area contributed by atoms with E-state index in [4.69, 9.17) is 11.6 Å². The zero-order chi connectivity index (χ0) is 17.5. The standard InChI is InChI=1S/C15H14ClN3O4S/c16-12-5-4-10(19(22)23)9-11(12)14(20)17-6-2-7-18-15(21)13-3-1-8-24-13/h1,3-5,8-9H,2,6-7H2,(H,17,20)(H,18,21). The van der Waals surface area contributed by atoms with Crippen LogP contribution in [0.4, 0.5) is 5.69 Å². The molecular weight excluding hydrogens is 354 g/mol. The summed E-state index contributed by atoms with van der Waals surface area (Å²) < 4.78 is 0. The summed E-state index contributed by atoms with van der Waals surface area (Å²) in [6, 6.07) is 7.21. The van der Waals surface area contributed by atoms with Crippen molar-refractivity contribution >= 4 is 40.4 Å². The molecule has 0 unspecified atom stereocenters. The highest BCUT2D eigenvalue weighted by atomic mass is 35.5. The van der Waals surface area contributed by atoms with Gasteiger partial charge in [-0.1, -0.05) is 17.7 Å². The Balaban J connectivity index is 1.78. The van der Waals surface area contributed by atoms with Crippen molar-refractivity contribution in [2.75, 3.05) is 13.1 Å². The molecule has 9 heteroatoms. The molecule has 0 spiro atoms. The van der Waals surface area contributed by atoms with Crippen LogP contribution in [0.2, 0.25) is 5.02 Å².